The molecule has 0 radical (unpaired) electrons. The van der Waals surface area contributed by atoms with Crippen molar-refractivity contribution in [1.82, 2.24) is 4.90 Å². The number of carbonyl (C=O) groups excluding carboxylic acids is 3. The number of hydrogen-bond donors (Lipinski definition) is 0. The molecule has 0 saturated heterocycles. The number of hydrogen-bond acceptors (Lipinski definition) is 5. The molecular formula is C29H35F3N2O5. The summed E-state index contributed by atoms with van der Waals surface area (Å²) >= 11 is 0. The molecule has 0 aliphatic carbocycles. The number of nitrogens with zero attached hydrogens (tertiary/aromatic N) is 2. The van der Waals surface area contributed by atoms with Crippen molar-refractivity contribution in [2.75, 3.05) is 18.0 Å². The van der Waals surface area contributed by atoms with Crippen molar-refractivity contribution < 1.29 is 37.0 Å². The summed E-state index contributed by atoms with van der Waals surface area (Å²) in [4.78, 5) is 41.2. The van der Waals surface area contributed by atoms with E-state index < -0.39 is 24.1 Å². The predicted molar refractivity (Wildman–Crippen MR) is 141 cm³/mol. The van der Waals surface area contributed by atoms with Crippen LogP contribution in [0.1, 0.15) is 58.1 Å². The second-order valence-electron chi connectivity index (χ2n) is 10.5. The van der Waals surface area contributed by atoms with Crippen LogP contribution in [0.15, 0.2) is 48.5 Å². The second kappa shape index (κ2) is 12.5. The van der Waals surface area contributed by atoms with Gasteiger partial charge in [0.15, 0.2) is 5.78 Å². The highest BCUT2D eigenvalue weighted by Crippen LogP contribution is 2.33. The number of anilines is 1. The molecule has 0 fully saturated rings. The molecule has 1 aliphatic rings. The van der Waals surface area contributed by atoms with Gasteiger partial charge in [-0.15, -0.1) is 13.2 Å². The normalized spacial score (nSPS) is 15.1. The molecule has 10 heteroatoms. The quantitative estimate of drug-likeness (QED) is 0.336. The Morgan fingerprint density at radius 2 is 1.64 bits per heavy atom. The number of Topliss-reactive ketones (excluding diaryl/α,β-unsaturated/α-hetero) is 1. The average molecular weight is 549 g/mol. The van der Waals surface area contributed by atoms with E-state index in [1.165, 1.54) is 30.0 Å². The highest BCUT2D eigenvalue weighted by atomic mass is 19.4. The van der Waals surface area contributed by atoms with Crippen LogP contribution in [0, 0.1) is 0 Å². The second-order valence-corrected chi connectivity index (χ2v) is 10.5. The minimum atomic E-state index is -4.83. The smallest absolute Gasteiger partial charge is 0.444 e. The maximum Gasteiger partial charge on any atom is 0.573 e. The van der Waals surface area contributed by atoms with Gasteiger partial charge < -0.3 is 19.3 Å². The SMILES string of the molecule is CC(=O)N1c2ccccc2CC1C(=O)CCCCN(CCc1ccccc1OC(F)(F)F)C(=O)OC(C)(C)C. The van der Waals surface area contributed by atoms with Crippen molar-refractivity contribution in [2.45, 2.75) is 77.8 Å². The number of unbranched alkanes of at least 4 members (excludes halogenated alkanes) is 1. The van der Waals surface area contributed by atoms with E-state index >= 15 is 0 Å². The van der Waals surface area contributed by atoms with E-state index in [-0.39, 0.29) is 43.4 Å². The third kappa shape index (κ3) is 8.73. The Kier molecular flexibility index (Phi) is 9.63. The monoisotopic (exact) mass is 548 g/mol. The third-order valence-electron chi connectivity index (χ3n) is 6.29. The first-order valence-electron chi connectivity index (χ1n) is 13.0. The van der Waals surface area contributed by atoms with Gasteiger partial charge >= 0.3 is 12.5 Å². The molecule has 212 valence electrons. The molecule has 1 heterocycles. The van der Waals surface area contributed by atoms with Gasteiger partial charge in [0, 0.05) is 38.5 Å². The number of amides is 2. The topological polar surface area (TPSA) is 76.2 Å². The number of rotatable bonds is 10. The number of halogens is 3. The van der Waals surface area contributed by atoms with Crippen LogP contribution in [0.4, 0.5) is 23.7 Å². The number of ether oxygens (including phenoxy) is 2. The van der Waals surface area contributed by atoms with E-state index in [9.17, 15) is 27.6 Å². The van der Waals surface area contributed by atoms with Crippen molar-refractivity contribution >= 4 is 23.5 Å². The highest BCUT2D eigenvalue weighted by molar-refractivity contribution is 6.03. The first-order valence-corrected chi connectivity index (χ1v) is 13.0. The van der Waals surface area contributed by atoms with Gasteiger partial charge in [-0.2, -0.15) is 0 Å². The van der Waals surface area contributed by atoms with Crippen molar-refractivity contribution in [1.29, 1.82) is 0 Å². The minimum absolute atomic E-state index is 0.0524. The van der Waals surface area contributed by atoms with Gasteiger partial charge in [0.25, 0.3) is 0 Å². The predicted octanol–water partition coefficient (Wildman–Crippen LogP) is 6.08. The lowest BCUT2D eigenvalue weighted by atomic mass is 10.0. The van der Waals surface area contributed by atoms with E-state index in [2.05, 4.69) is 4.74 Å². The zero-order valence-corrected chi connectivity index (χ0v) is 22.7. The molecule has 2 aromatic carbocycles. The molecule has 7 nitrogen and oxygen atoms in total. The number of ketones is 1. The average Bonchev–Trinajstić information content (AvgIpc) is 3.22. The van der Waals surface area contributed by atoms with E-state index in [0.717, 1.165) is 11.3 Å². The maximum atomic E-state index is 13.1. The molecular weight excluding hydrogens is 513 g/mol. The zero-order chi connectivity index (χ0) is 28.8. The maximum absolute atomic E-state index is 13.1. The standard InChI is InChI=1S/C29H35F3N2O5/c1-20(35)34-23-13-7-5-12-22(23)19-24(34)25(36)14-9-10-17-33(27(37)39-28(2,3)4)18-16-21-11-6-8-15-26(21)38-29(30,31)32/h5-8,11-13,15,24H,9-10,14,16-19H2,1-4H3. The van der Waals surface area contributed by atoms with E-state index in [1.54, 1.807) is 31.7 Å². The Hall–Kier alpha value is -3.56. The lowest BCUT2D eigenvalue weighted by molar-refractivity contribution is -0.274. The van der Waals surface area contributed by atoms with Gasteiger partial charge in [-0.05, 0) is 63.3 Å². The fourth-order valence-electron chi connectivity index (χ4n) is 4.61. The van der Waals surface area contributed by atoms with E-state index in [4.69, 9.17) is 4.74 Å². The Morgan fingerprint density at radius 1 is 0.974 bits per heavy atom. The molecule has 0 N–H and O–H groups in total. The van der Waals surface area contributed by atoms with E-state index in [1.807, 2.05) is 24.3 Å². The molecule has 1 aliphatic heterocycles. The van der Waals surface area contributed by atoms with Crippen LogP contribution >= 0.6 is 0 Å². The van der Waals surface area contributed by atoms with Crippen molar-refractivity contribution in [3.8, 4) is 5.75 Å². The van der Waals surface area contributed by atoms with Gasteiger partial charge in [0.2, 0.25) is 5.91 Å². The molecule has 1 atom stereocenters. The van der Waals surface area contributed by atoms with Crippen LogP contribution in [-0.2, 0) is 27.2 Å². The van der Waals surface area contributed by atoms with Gasteiger partial charge in [0.1, 0.15) is 11.4 Å². The minimum Gasteiger partial charge on any atom is -0.444 e. The summed E-state index contributed by atoms with van der Waals surface area (Å²) in [5.41, 5.74) is 1.27. The number of fused-ring (bicyclic) bond motifs is 1. The lowest BCUT2D eigenvalue weighted by Crippen LogP contribution is -2.41. The molecule has 2 amide bonds. The summed E-state index contributed by atoms with van der Waals surface area (Å²) in [7, 11) is 0. The summed E-state index contributed by atoms with van der Waals surface area (Å²) in [6.07, 6.45) is -3.64. The number of carbonyl (C=O) groups is 3. The summed E-state index contributed by atoms with van der Waals surface area (Å²) in [6, 6.07) is 12.7. The van der Waals surface area contributed by atoms with Crippen molar-refractivity contribution in [2.24, 2.45) is 0 Å². The number of alkyl halides is 3. The van der Waals surface area contributed by atoms with E-state index in [0.29, 0.717) is 24.8 Å². The number of benzene rings is 2. The largest absolute Gasteiger partial charge is 0.573 e. The molecule has 1 unspecified atom stereocenters. The van der Waals surface area contributed by atoms with Gasteiger partial charge in [-0.1, -0.05) is 36.4 Å². The number of para-hydroxylation sites is 2. The lowest BCUT2D eigenvalue weighted by Gasteiger charge is -2.28. The summed E-state index contributed by atoms with van der Waals surface area (Å²) in [5, 5.41) is 0. The highest BCUT2D eigenvalue weighted by Gasteiger charge is 2.36. The Labute approximate surface area is 226 Å². The summed E-state index contributed by atoms with van der Waals surface area (Å²) in [5.74, 6) is -0.556. The Bertz CT molecular complexity index is 1180. The van der Waals surface area contributed by atoms with Gasteiger partial charge in [-0.3, -0.25) is 9.59 Å². The summed E-state index contributed by atoms with van der Waals surface area (Å²) in [6.45, 7) is 7.00. The van der Waals surface area contributed by atoms with Crippen LogP contribution in [0.2, 0.25) is 0 Å². The van der Waals surface area contributed by atoms with Crippen LogP contribution < -0.4 is 9.64 Å². The Balaban J connectivity index is 1.60. The fourth-order valence-corrected chi connectivity index (χ4v) is 4.61. The molecule has 0 aromatic heterocycles. The molecule has 0 saturated carbocycles. The molecule has 2 aromatic rings. The fraction of sp³-hybridized carbons (Fsp3) is 0.483. The molecule has 39 heavy (non-hydrogen) atoms. The third-order valence-corrected chi connectivity index (χ3v) is 6.29. The van der Waals surface area contributed by atoms with Gasteiger partial charge in [-0.25, -0.2) is 4.79 Å². The first kappa shape index (κ1) is 30.0. The first-order chi connectivity index (χ1) is 18.2. The zero-order valence-electron chi connectivity index (χ0n) is 22.7. The summed E-state index contributed by atoms with van der Waals surface area (Å²) < 4.78 is 48.0. The molecule has 3 rings (SSSR count). The molecule has 0 spiro atoms. The molecule has 0 bridgehead atoms. The van der Waals surface area contributed by atoms with Crippen LogP contribution in [0.25, 0.3) is 0 Å². The van der Waals surface area contributed by atoms with Crippen molar-refractivity contribution in [3.05, 3.63) is 59.7 Å². The van der Waals surface area contributed by atoms with Crippen molar-refractivity contribution in [3.63, 3.8) is 0 Å². The van der Waals surface area contributed by atoms with Crippen LogP contribution in [0.5, 0.6) is 5.75 Å². The van der Waals surface area contributed by atoms with Crippen LogP contribution in [-0.4, -0.2) is 53.8 Å². The van der Waals surface area contributed by atoms with Crippen LogP contribution in [0.3, 0.4) is 0 Å². The van der Waals surface area contributed by atoms with Gasteiger partial charge in [0.05, 0.1) is 6.04 Å². The Morgan fingerprint density at radius 3 is 2.31 bits per heavy atom.